The van der Waals surface area contributed by atoms with Gasteiger partial charge in [-0.1, -0.05) is 43.3 Å². The number of hydrogen-bond acceptors (Lipinski definition) is 2. The minimum Gasteiger partial charge on any atom is -0.342 e. The number of H-pyrrole nitrogens is 1. The number of rotatable bonds is 5. The molecule has 0 bridgehead atoms. The summed E-state index contributed by atoms with van der Waals surface area (Å²) in [4.78, 5) is 8.05. The molecule has 1 atom stereocenters. The summed E-state index contributed by atoms with van der Waals surface area (Å²) in [6, 6.07) is 16.7. The molecule has 1 unspecified atom stereocenters. The van der Waals surface area contributed by atoms with Crippen LogP contribution in [0.4, 0.5) is 0 Å². The van der Waals surface area contributed by atoms with Crippen molar-refractivity contribution >= 4 is 11.0 Å². The molecule has 3 nitrogen and oxygen atoms in total. The third kappa shape index (κ3) is 3.14. The number of nitrogens with zero attached hydrogens (tertiary/aromatic N) is 1. The maximum absolute atomic E-state index is 6.24. The van der Waals surface area contributed by atoms with Gasteiger partial charge in [0.05, 0.1) is 11.0 Å². The van der Waals surface area contributed by atoms with Crippen LogP contribution < -0.4 is 5.73 Å². The number of aromatic amines is 1. The second-order valence-corrected chi connectivity index (χ2v) is 5.44. The van der Waals surface area contributed by atoms with Gasteiger partial charge in [-0.2, -0.15) is 0 Å². The van der Waals surface area contributed by atoms with E-state index in [2.05, 4.69) is 47.2 Å². The van der Waals surface area contributed by atoms with E-state index in [1.54, 1.807) is 0 Å². The third-order valence-corrected chi connectivity index (χ3v) is 3.92. The van der Waals surface area contributed by atoms with Gasteiger partial charge in [-0.15, -0.1) is 0 Å². The summed E-state index contributed by atoms with van der Waals surface area (Å²) in [5, 5.41) is 0. The van der Waals surface area contributed by atoms with E-state index < -0.39 is 0 Å². The minimum atomic E-state index is 0.0608. The largest absolute Gasteiger partial charge is 0.342 e. The zero-order chi connectivity index (χ0) is 14.7. The zero-order valence-electron chi connectivity index (χ0n) is 12.3. The molecule has 0 saturated heterocycles. The SMILES string of the molecule is CCc1ccc2nc(CCC(N)c3ccccc3)[nH]c2c1. The molecule has 2 aromatic carbocycles. The summed E-state index contributed by atoms with van der Waals surface area (Å²) in [5.74, 6) is 1.02. The third-order valence-electron chi connectivity index (χ3n) is 3.92. The summed E-state index contributed by atoms with van der Waals surface area (Å²) >= 11 is 0. The average molecular weight is 279 g/mol. The van der Waals surface area contributed by atoms with Crippen molar-refractivity contribution in [2.45, 2.75) is 32.2 Å². The standard InChI is InChI=1S/C18H21N3/c1-2-13-8-10-16-17(12-13)21-18(20-16)11-9-15(19)14-6-4-3-5-7-14/h3-8,10,12,15H,2,9,11,19H2,1H3,(H,20,21). The number of aryl methyl sites for hydroxylation is 2. The summed E-state index contributed by atoms with van der Waals surface area (Å²) in [5.41, 5.74) is 10.9. The molecule has 3 aromatic rings. The van der Waals surface area contributed by atoms with E-state index in [4.69, 9.17) is 5.73 Å². The van der Waals surface area contributed by atoms with Gasteiger partial charge in [-0.25, -0.2) is 4.98 Å². The van der Waals surface area contributed by atoms with E-state index in [1.807, 2.05) is 18.2 Å². The van der Waals surface area contributed by atoms with E-state index in [0.717, 1.165) is 36.1 Å². The van der Waals surface area contributed by atoms with Crippen molar-refractivity contribution in [2.24, 2.45) is 5.73 Å². The monoisotopic (exact) mass is 279 g/mol. The highest BCUT2D eigenvalue weighted by Crippen LogP contribution is 2.18. The highest BCUT2D eigenvalue weighted by molar-refractivity contribution is 5.75. The van der Waals surface area contributed by atoms with Crippen LogP contribution in [0.2, 0.25) is 0 Å². The Balaban J connectivity index is 1.70. The molecule has 0 fully saturated rings. The van der Waals surface area contributed by atoms with Crippen LogP contribution in [0.1, 0.15) is 36.3 Å². The topological polar surface area (TPSA) is 54.7 Å². The lowest BCUT2D eigenvalue weighted by Gasteiger charge is -2.10. The van der Waals surface area contributed by atoms with Crippen molar-refractivity contribution in [3.05, 3.63) is 65.5 Å². The Kier molecular flexibility index (Phi) is 4.02. The Hall–Kier alpha value is -2.13. The van der Waals surface area contributed by atoms with Crippen LogP contribution >= 0.6 is 0 Å². The highest BCUT2D eigenvalue weighted by Gasteiger charge is 2.08. The van der Waals surface area contributed by atoms with Crippen LogP contribution in [0.15, 0.2) is 48.5 Å². The average Bonchev–Trinajstić information content (AvgIpc) is 2.95. The van der Waals surface area contributed by atoms with Gasteiger partial charge < -0.3 is 10.7 Å². The Morgan fingerprint density at radius 2 is 1.95 bits per heavy atom. The maximum atomic E-state index is 6.24. The van der Waals surface area contributed by atoms with Gasteiger partial charge in [0.15, 0.2) is 0 Å². The zero-order valence-corrected chi connectivity index (χ0v) is 12.3. The Morgan fingerprint density at radius 3 is 2.71 bits per heavy atom. The molecule has 0 spiro atoms. The quantitative estimate of drug-likeness (QED) is 0.747. The molecular formula is C18H21N3. The van der Waals surface area contributed by atoms with Gasteiger partial charge in [-0.3, -0.25) is 0 Å². The van der Waals surface area contributed by atoms with Crippen LogP contribution in [0.5, 0.6) is 0 Å². The van der Waals surface area contributed by atoms with Gasteiger partial charge in [0.25, 0.3) is 0 Å². The second kappa shape index (κ2) is 6.10. The highest BCUT2D eigenvalue weighted by atomic mass is 14.9. The van der Waals surface area contributed by atoms with Crippen molar-refractivity contribution in [1.82, 2.24) is 9.97 Å². The fourth-order valence-electron chi connectivity index (χ4n) is 2.61. The molecule has 0 radical (unpaired) electrons. The number of aromatic nitrogens is 2. The molecule has 0 saturated carbocycles. The predicted octanol–water partition coefficient (Wildman–Crippen LogP) is 3.76. The van der Waals surface area contributed by atoms with E-state index in [0.29, 0.717) is 0 Å². The van der Waals surface area contributed by atoms with Crippen molar-refractivity contribution < 1.29 is 0 Å². The Labute approximate surface area is 125 Å². The molecule has 0 aliphatic heterocycles. The molecule has 3 N–H and O–H groups in total. The minimum absolute atomic E-state index is 0.0608. The second-order valence-electron chi connectivity index (χ2n) is 5.44. The summed E-state index contributed by atoms with van der Waals surface area (Å²) in [7, 11) is 0. The smallest absolute Gasteiger partial charge is 0.107 e. The number of fused-ring (bicyclic) bond motifs is 1. The molecule has 3 heteroatoms. The number of nitrogens with one attached hydrogen (secondary N) is 1. The van der Waals surface area contributed by atoms with Gasteiger partial charge in [0.2, 0.25) is 0 Å². The Morgan fingerprint density at radius 1 is 1.14 bits per heavy atom. The van der Waals surface area contributed by atoms with Crippen molar-refractivity contribution in [3.8, 4) is 0 Å². The maximum Gasteiger partial charge on any atom is 0.107 e. The molecule has 0 aliphatic carbocycles. The molecule has 1 heterocycles. The van der Waals surface area contributed by atoms with Crippen LogP contribution in [0, 0.1) is 0 Å². The van der Waals surface area contributed by atoms with Crippen molar-refractivity contribution in [2.75, 3.05) is 0 Å². The molecule has 1 aromatic heterocycles. The van der Waals surface area contributed by atoms with Crippen molar-refractivity contribution in [1.29, 1.82) is 0 Å². The van der Waals surface area contributed by atoms with Crippen LogP contribution in [-0.4, -0.2) is 9.97 Å². The van der Waals surface area contributed by atoms with E-state index in [9.17, 15) is 0 Å². The van der Waals surface area contributed by atoms with Gasteiger partial charge >= 0.3 is 0 Å². The normalized spacial score (nSPS) is 12.7. The van der Waals surface area contributed by atoms with E-state index >= 15 is 0 Å². The van der Waals surface area contributed by atoms with Crippen LogP contribution in [0.3, 0.4) is 0 Å². The first kappa shape index (κ1) is 13.8. The molecule has 108 valence electrons. The van der Waals surface area contributed by atoms with Crippen LogP contribution in [-0.2, 0) is 12.8 Å². The fraction of sp³-hybridized carbons (Fsp3) is 0.278. The summed E-state index contributed by atoms with van der Waals surface area (Å²) in [6.07, 6.45) is 2.81. The molecule has 0 amide bonds. The molecule has 21 heavy (non-hydrogen) atoms. The lowest BCUT2D eigenvalue weighted by molar-refractivity contribution is 0.639. The van der Waals surface area contributed by atoms with Gasteiger partial charge in [-0.05, 0) is 36.1 Å². The van der Waals surface area contributed by atoms with E-state index in [1.165, 1.54) is 11.1 Å². The van der Waals surface area contributed by atoms with Crippen molar-refractivity contribution in [3.63, 3.8) is 0 Å². The lowest BCUT2D eigenvalue weighted by atomic mass is 10.0. The predicted molar refractivity (Wildman–Crippen MR) is 87.2 cm³/mol. The molecule has 3 rings (SSSR count). The molecule has 0 aliphatic rings. The number of hydrogen-bond donors (Lipinski definition) is 2. The summed E-state index contributed by atoms with van der Waals surface area (Å²) in [6.45, 7) is 2.16. The fourth-order valence-corrected chi connectivity index (χ4v) is 2.61. The van der Waals surface area contributed by atoms with Crippen LogP contribution in [0.25, 0.3) is 11.0 Å². The van der Waals surface area contributed by atoms with Gasteiger partial charge in [0, 0.05) is 12.5 Å². The molecular weight excluding hydrogens is 258 g/mol. The number of nitrogens with two attached hydrogens (primary N) is 1. The number of benzene rings is 2. The first-order valence-corrected chi connectivity index (χ1v) is 7.54. The first-order valence-electron chi connectivity index (χ1n) is 7.54. The van der Waals surface area contributed by atoms with E-state index in [-0.39, 0.29) is 6.04 Å². The van der Waals surface area contributed by atoms with Gasteiger partial charge in [0.1, 0.15) is 5.82 Å². The first-order chi connectivity index (χ1) is 10.3. The Bertz CT molecular complexity index is 716. The number of imidazole rings is 1. The summed E-state index contributed by atoms with van der Waals surface area (Å²) < 4.78 is 0. The lowest BCUT2D eigenvalue weighted by Crippen LogP contribution is -2.11.